The van der Waals surface area contributed by atoms with Crippen LogP contribution in [0.1, 0.15) is 26.7 Å². The van der Waals surface area contributed by atoms with Crippen LogP contribution in [0.15, 0.2) is 29.4 Å². The summed E-state index contributed by atoms with van der Waals surface area (Å²) in [6, 6.07) is 5.98. The molecule has 0 fully saturated rings. The Balaban J connectivity index is 2.20. The zero-order chi connectivity index (χ0) is 13.6. The fourth-order valence-corrected chi connectivity index (χ4v) is 4.13. The first kappa shape index (κ1) is 16.1. The van der Waals surface area contributed by atoms with Gasteiger partial charge in [-0.25, -0.2) is 4.98 Å². The molecule has 2 nitrogen and oxygen atoms in total. The number of hydrogen-bond donors (Lipinski definition) is 1. The Hall–Kier alpha value is 0.0269. The van der Waals surface area contributed by atoms with Crippen LogP contribution >= 0.6 is 21.6 Å². The monoisotopic (exact) mass is 301 g/mol. The summed E-state index contributed by atoms with van der Waals surface area (Å²) in [6.07, 6.45) is 4.07. The number of pyridine rings is 1. The van der Waals surface area contributed by atoms with Crippen molar-refractivity contribution in [3.8, 4) is 0 Å². The second-order valence-electron chi connectivity index (χ2n) is 5.62. The molecule has 0 spiro atoms. The van der Waals surface area contributed by atoms with E-state index < -0.39 is 8.32 Å². The highest BCUT2D eigenvalue weighted by Crippen LogP contribution is 2.41. The SMILES string of the molecule is CC(C)(CCCSSc1ccccn1)[Si](C)(C)O. The molecule has 0 amide bonds. The van der Waals surface area contributed by atoms with Gasteiger partial charge in [-0.1, -0.05) is 30.7 Å². The Bertz CT molecular complexity index is 352. The Labute approximate surface area is 120 Å². The number of rotatable bonds is 7. The third-order valence-electron chi connectivity index (χ3n) is 3.47. The van der Waals surface area contributed by atoms with Crippen molar-refractivity contribution in [1.82, 2.24) is 4.98 Å². The lowest BCUT2D eigenvalue weighted by molar-refractivity contribution is 0.449. The molecule has 1 heterocycles. The third kappa shape index (κ3) is 5.34. The largest absolute Gasteiger partial charge is 0.432 e. The van der Waals surface area contributed by atoms with Crippen molar-refractivity contribution in [3.05, 3.63) is 24.4 Å². The van der Waals surface area contributed by atoms with Crippen LogP contribution in [0.2, 0.25) is 18.1 Å². The molecular weight excluding hydrogens is 278 g/mol. The number of nitrogens with zero attached hydrogens (tertiary/aromatic N) is 1. The normalized spacial score (nSPS) is 12.7. The van der Waals surface area contributed by atoms with E-state index in [0.717, 1.165) is 23.6 Å². The molecule has 1 aromatic rings. The zero-order valence-electron chi connectivity index (χ0n) is 11.6. The van der Waals surface area contributed by atoms with Crippen LogP contribution in [0.25, 0.3) is 0 Å². The lowest BCUT2D eigenvalue weighted by Crippen LogP contribution is -2.38. The third-order valence-corrected chi connectivity index (χ3v) is 9.38. The minimum atomic E-state index is -2.04. The lowest BCUT2D eigenvalue weighted by atomic mass is 10.1. The van der Waals surface area contributed by atoms with Gasteiger partial charge >= 0.3 is 0 Å². The molecule has 0 atom stereocenters. The molecule has 5 heteroatoms. The number of hydrogen-bond acceptors (Lipinski definition) is 4. The van der Waals surface area contributed by atoms with Crippen molar-refractivity contribution >= 4 is 29.9 Å². The molecule has 0 saturated carbocycles. The lowest BCUT2D eigenvalue weighted by Gasteiger charge is -2.35. The maximum Gasteiger partial charge on any atom is 0.188 e. The molecule has 102 valence electrons. The van der Waals surface area contributed by atoms with Gasteiger partial charge < -0.3 is 4.80 Å². The topological polar surface area (TPSA) is 33.1 Å². The van der Waals surface area contributed by atoms with E-state index in [1.54, 1.807) is 10.8 Å². The van der Waals surface area contributed by atoms with Crippen LogP contribution < -0.4 is 0 Å². The minimum absolute atomic E-state index is 0.100. The van der Waals surface area contributed by atoms with Gasteiger partial charge in [0.25, 0.3) is 0 Å². The first-order valence-electron chi connectivity index (χ1n) is 6.26. The molecule has 0 radical (unpaired) electrons. The van der Waals surface area contributed by atoms with Gasteiger partial charge in [0.2, 0.25) is 0 Å². The van der Waals surface area contributed by atoms with Crippen LogP contribution in [0, 0.1) is 0 Å². The van der Waals surface area contributed by atoms with Gasteiger partial charge in [0.05, 0.1) is 0 Å². The molecule has 1 rings (SSSR count). The Kier molecular flexibility index (Phi) is 6.24. The van der Waals surface area contributed by atoms with Crippen molar-refractivity contribution in [2.24, 2.45) is 0 Å². The Morgan fingerprint density at radius 2 is 2.06 bits per heavy atom. The molecule has 0 aromatic carbocycles. The van der Waals surface area contributed by atoms with Crippen molar-refractivity contribution < 1.29 is 4.80 Å². The zero-order valence-corrected chi connectivity index (χ0v) is 14.3. The van der Waals surface area contributed by atoms with Gasteiger partial charge in [0, 0.05) is 11.9 Å². The second kappa shape index (κ2) is 6.98. The Morgan fingerprint density at radius 3 is 2.61 bits per heavy atom. The van der Waals surface area contributed by atoms with Crippen LogP contribution in [0.5, 0.6) is 0 Å². The van der Waals surface area contributed by atoms with E-state index in [4.69, 9.17) is 0 Å². The predicted molar refractivity (Wildman–Crippen MR) is 85.5 cm³/mol. The highest BCUT2D eigenvalue weighted by atomic mass is 33.1. The van der Waals surface area contributed by atoms with E-state index in [1.807, 2.05) is 48.3 Å². The summed E-state index contributed by atoms with van der Waals surface area (Å²) in [5.41, 5.74) is 0. The van der Waals surface area contributed by atoms with E-state index in [2.05, 4.69) is 18.8 Å². The van der Waals surface area contributed by atoms with Gasteiger partial charge in [-0.2, -0.15) is 0 Å². The summed E-state index contributed by atoms with van der Waals surface area (Å²) in [6.45, 7) is 8.44. The molecule has 0 unspecified atom stereocenters. The summed E-state index contributed by atoms with van der Waals surface area (Å²) in [5.74, 6) is 1.11. The average molecular weight is 302 g/mol. The summed E-state index contributed by atoms with van der Waals surface area (Å²) in [7, 11) is 1.54. The molecule has 1 N–H and O–H groups in total. The smallest absolute Gasteiger partial charge is 0.188 e. The van der Waals surface area contributed by atoms with E-state index in [1.165, 1.54) is 0 Å². The summed E-state index contributed by atoms with van der Waals surface area (Å²) in [4.78, 5) is 14.5. The predicted octanol–water partition coefficient (Wildman–Crippen LogP) is 4.58. The molecule has 0 aliphatic carbocycles. The maximum absolute atomic E-state index is 10.2. The van der Waals surface area contributed by atoms with E-state index in [0.29, 0.717) is 0 Å². The van der Waals surface area contributed by atoms with Crippen molar-refractivity contribution in [2.45, 2.75) is 49.8 Å². The van der Waals surface area contributed by atoms with Gasteiger partial charge in [-0.05, 0) is 53.9 Å². The number of aromatic nitrogens is 1. The first-order valence-corrected chi connectivity index (χ1v) is 11.5. The van der Waals surface area contributed by atoms with Crippen molar-refractivity contribution in [1.29, 1.82) is 0 Å². The molecule has 0 aliphatic heterocycles. The molecule has 0 saturated heterocycles. The Morgan fingerprint density at radius 1 is 1.33 bits per heavy atom. The van der Waals surface area contributed by atoms with E-state index >= 15 is 0 Å². The second-order valence-corrected chi connectivity index (χ2v) is 12.5. The standard InChI is InChI=1S/C13H23NOS2Si/c1-13(2,18(3,4)15)9-7-11-16-17-12-8-5-6-10-14-12/h5-6,8,10,15H,7,9,11H2,1-4H3. The molecule has 1 aromatic heterocycles. The highest BCUT2D eigenvalue weighted by Gasteiger charge is 2.37. The van der Waals surface area contributed by atoms with E-state index in [-0.39, 0.29) is 5.04 Å². The van der Waals surface area contributed by atoms with Crippen LogP contribution in [-0.4, -0.2) is 23.8 Å². The quantitative estimate of drug-likeness (QED) is 0.454. The summed E-state index contributed by atoms with van der Waals surface area (Å²) < 4.78 is 0. The van der Waals surface area contributed by atoms with Gasteiger partial charge in [0.15, 0.2) is 8.32 Å². The van der Waals surface area contributed by atoms with Crippen molar-refractivity contribution in [3.63, 3.8) is 0 Å². The first-order chi connectivity index (χ1) is 8.33. The fraction of sp³-hybridized carbons (Fsp3) is 0.615. The fourth-order valence-electron chi connectivity index (χ4n) is 1.38. The highest BCUT2D eigenvalue weighted by molar-refractivity contribution is 8.76. The average Bonchev–Trinajstić information content (AvgIpc) is 2.28. The van der Waals surface area contributed by atoms with Gasteiger partial charge in [-0.3, -0.25) is 0 Å². The van der Waals surface area contributed by atoms with Gasteiger partial charge in [0.1, 0.15) is 5.03 Å². The van der Waals surface area contributed by atoms with Crippen LogP contribution in [-0.2, 0) is 0 Å². The molecule has 0 aliphatic rings. The van der Waals surface area contributed by atoms with Crippen LogP contribution in [0.4, 0.5) is 0 Å². The van der Waals surface area contributed by atoms with E-state index in [9.17, 15) is 4.80 Å². The molecule has 0 bridgehead atoms. The molecular formula is C13H23NOS2Si. The summed E-state index contributed by atoms with van der Waals surface area (Å²) >= 11 is 0. The maximum atomic E-state index is 10.2. The minimum Gasteiger partial charge on any atom is -0.432 e. The molecule has 18 heavy (non-hydrogen) atoms. The summed E-state index contributed by atoms with van der Waals surface area (Å²) in [5, 5.41) is 1.17. The van der Waals surface area contributed by atoms with Gasteiger partial charge in [-0.15, -0.1) is 0 Å². The van der Waals surface area contributed by atoms with Crippen molar-refractivity contribution in [2.75, 3.05) is 5.75 Å². The van der Waals surface area contributed by atoms with Crippen LogP contribution in [0.3, 0.4) is 0 Å².